The number of carbonyl (C=O) groups is 1. The van der Waals surface area contributed by atoms with Gasteiger partial charge in [-0.05, 0) is 67.5 Å². The van der Waals surface area contributed by atoms with E-state index in [-0.39, 0.29) is 16.9 Å². The van der Waals surface area contributed by atoms with E-state index in [1.165, 1.54) is 10.9 Å². The topological polar surface area (TPSA) is 118 Å². The molecule has 0 radical (unpaired) electrons. The van der Waals surface area contributed by atoms with Gasteiger partial charge in [-0.15, -0.1) is 10.2 Å². The summed E-state index contributed by atoms with van der Waals surface area (Å²) < 4.78 is 0. The summed E-state index contributed by atoms with van der Waals surface area (Å²) >= 11 is 5.25. The van der Waals surface area contributed by atoms with Gasteiger partial charge in [-0.25, -0.2) is 0 Å². The number of amides is 1. The molecule has 9 heteroatoms. The molecule has 8 nitrogen and oxygen atoms in total. The zero-order valence-electron chi connectivity index (χ0n) is 19.5. The van der Waals surface area contributed by atoms with Crippen molar-refractivity contribution in [2.24, 2.45) is 10.2 Å². The molecule has 0 spiro atoms. The van der Waals surface area contributed by atoms with Gasteiger partial charge in [-0.1, -0.05) is 36.4 Å². The highest BCUT2D eigenvalue weighted by Crippen LogP contribution is 2.35. The van der Waals surface area contributed by atoms with Crippen LogP contribution in [0.5, 0.6) is 5.88 Å². The third kappa shape index (κ3) is 4.82. The number of aromatic hydroxyl groups is 1. The van der Waals surface area contributed by atoms with Crippen molar-refractivity contribution in [3.63, 3.8) is 0 Å². The lowest BCUT2D eigenvalue weighted by atomic mass is 10.1. The average molecular weight is 497 g/mol. The number of nitrogens with one attached hydrogen (secondary N) is 4. The lowest BCUT2D eigenvalue weighted by Crippen LogP contribution is -2.25. The van der Waals surface area contributed by atoms with Gasteiger partial charge in [0.25, 0.3) is 5.91 Å². The first-order valence-electron chi connectivity index (χ1n) is 11.5. The fourth-order valence-corrected chi connectivity index (χ4v) is 4.38. The summed E-state index contributed by atoms with van der Waals surface area (Å²) in [6.07, 6.45) is 0.743. The minimum atomic E-state index is -0.142. The Morgan fingerprint density at radius 1 is 0.944 bits per heavy atom. The molecule has 0 saturated carbocycles. The Morgan fingerprint density at radius 3 is 2.36 bits per heavy atom. The molecule has 0 aliphatic rings. The number of thiocarbonyl (C=S) groups is 1. The van der Waals surface area contributed by atoms with Crippen LogP contribution >= 0.6 is 12.2 Å². The molecule has 2 heterocycles. The molecule has 0 aliphatic heterocycles. The van der Waals surface area contributed by atoms with Gasteiger partial charge in [0.2, 0.25) is 11.0 Å². The van der Waals surface area contributed by atoms with Crippen molar-refractivity contribution in [2.75, 3.05) is 11.9 Å². The van der Waals surface area contributed by atoms with E-state index in [0.29, 0.717) is 23.5 Å². The third-order valence-corrected chi connectivity index (χ3v) is 6.17. The molecule has 0 fully saturated rings. The summed E-state index contributed by atoms with van der Waals surface area (Å²) in [6, 6.07) is 22.5. The maximum atomic E-state index is 12.6. The average Bonchev–Trinajstić information content (AvgIpc) is 3.38. The largest absolute Gasteiger partial charge is 0.493 e. The van der Waals surface area contributed by atoms with Crippen molar-refractivity contribution >= 4 is 56.4 Å². The lowest BCUT2D eigenvalue weighted by molar-refractivity contribution is 0.0954. The van der Waals surface area contributed by atoms with Gasteiger partial charge < -0.3 is 25.7 Å². The number of nitrogens with zero attached hydrogens (tertiary/aromatic N) is 2. The minimum absolute atomic E-state index is 0.0713. The zero-order chi connectivity index (χ0) is 25.1. The van der Waals surface area contributed by atoms with E-state index in [0.717, 1.165) is 28.5 Å². The van der Waals surface area contributed by atoms with E-state index in [2.05, 4.69) is 49.9 Å². The fourth-order valence-electron chi connectivity index (χ4n) is 4.22. The maximum absolute atomic E-state index is 12.6. The van der Waals surface area contributed by atoms with E-state index < -0.39 is 0 Å². The van der Waals surface area contributed by atoms with E-state index in [4.69, 9.17) is 12.2 Å². The van der Waals surface area contributed by atoms with Crippen LogP contribution in [0.2, 0.25) is 0 Å². The SMILES string of the molecule is Cc1[nH]c2ccccc2c1CCNC(=O)c1ccc(NC(=S)N=Nc2c(O)[nH]c3ccccc23)cc1. The molecule has 0 atom stereocenters. The van der Waals surface area contributed by atoms with Crippen LogP contribution in [0.1, 0.15) is 21.6 Å². The van der Waals surface area contributed by atoms with Gasteiger partial charge in [0.15, 0.2) is 5.69 Å². The minimum Gasteiger partial charge on any atom is -0.493 e. The number of rotatable bonds is 6. The standard InChI is InChI=1S/C27H24N6O2S/c1-16-19(20-6-2-4-8-22(20)29-16)14-15-28-25(34)17-10-12-18(13-11-17)30-27(36)33-32-24-21-7-3-5-9-23(21)31-26(24)35/h2-13,29,31,35H,14-15H2,1H3,(H,28,34)(H,30,36). The predicted octanol–water partition coefficient (Wildman–Crippen LogP) is 6.12. The number of anilines is 1. The van der Waals surface area contributed by atoms with Gasteiger partial charge >= 0.3 is 0 Å². The molecule has 5 rings (SSSR count). The number of azo groups is 1. The number of hydrogen-bond acceptors (Lipinski definition) is 4. The van der Waals surface area contributed by atoms with Gasteiger partial charge in [-0.2, -0.15) is 0 Å². The summed E-state index contributed by atoms with van der Waals surface area (Å²) in [7, 11) is 0. The number of hydrogen-bond donors (Lipinski definition) is 5. The van der Waals surface area contributed by atoms with E-state index in [1.807, 2.05) is 36.4 Å². The van der Waals surface area contributed by atoms with E-state index >= 15 is 0 Å². The van der Waals surface area contributed by atoms with Gasteiger partial charge in [0.1, 0.15) is 0 Å². The Labute approximate surface area is 212 Å². The molecule has 3 aromatic carbocycles. The van der Waals surface area contributed by atoms with Crippen molar-refractivity contribution in [1.29, 1.82) is 0 Å². The summed E-state index contributed by atoms with van der Waals surface area (Å²) in [5, 5.41) is 26.2. The number of aromatic nitrogens is 2. The molecular weight excluding hydrogens is 472 g/mol. The summed E-state index contributed by atoms with van der Waals surface area (Å²) in [4.78, 5) is 18.8. The number of H-pyrrole nitrogens is 2. The molecule has 5 aromatic rings. The second kappa shape index (κ2) is 10.0. The Bertz CT molecular complexity index is 1600. The smallest absolute Gasteiger partial charge is 0.251 e. The molecule has 0 bridgehead atoms. The predicted molar refractivity (Wildman–Crippen MR) is 146 cm³/mol. The Hall–Kier alpha value is -4.50. The van der Waals surface area contributed by atoms with Gasteiger partial charge in [0, 0.05) is 39.8 Å². The van der Waals surface area contributed by atoms with Crippen molar-refractivity contribution in [3.05, 3.63) is 89.6 Å². The Balaban J connectivity index is 1.16. The summed E-state index contributed by atoms with van der Waals surface area (Å²) in [5.74, 6) is -0.214. The first kappa shape index (κ1) is 23.3. The Kier molecular flexibility index (Phi) is 6.46. The first-order chi connectivity index (χ1) is 17.5. The van der Waals surface area contributed by atoms with E-state index in [1.54, 1.807) is 24.3 Å². The van der Waals surface area contributed by atoms with Crippen molar-refractivity contribution < 1.29 is 9.90 Å². The summed E-state index contributed by atoms with van der Waals surface area (Å²) in [5.41, 5.74) is 5.75. The van der Waals surface area contributed by atoms with Crippen molar-refractivity contribution in [1.82, 2.24) is 15.3 Å². The number of para-hydroxylation sites is 2. The van der Waals surface area contributed by atoms with Gasteiger partial charge in [-0.3, -0.25) is 4.79 Å². The molecule has 2 aromatic heterocycles. The van der Waals surface area contributed by atoms with Gasteiger partial charge in [0.05, 0.1) is 5.52 Å². The molecular formula is C27H24N6O2S. The molecule has 180 valence electrons. The second-order valence-electron chi connectivity index (χ2n) is 8.36. The fraction of sp³-hybridized carbons (Fsp3) is 0.111. The molecule has 36 heavy (non-hydrogen) atoms. The van der Waals surface area contributed by atoms with Crippen LogP contribution in [0.4, 0.5) is 11.4 Å². The summed E-state index contributed by atoms with van der Waals surface area (Å²) in [6.45, 7) is 2.59. The van der Waals surface area contributed by atoms with Crippen LogP contribution in [-0.2, 0) is 6.42 Å². The number of aryl methyl sites for hydroxylation is 1. The molecule has 0 aliphatic carbocycles. The lowest BCUT2D eigenvalue weighted by Gasteiger charge is -2.07. The highest BCUT2D eigenvalue weighted by Gasteiger charge is 2.11. The highest BCUT2D eigenvalue weighted by molar-refractivity contribution is 7.80. The van der Waals surface area contributed by atoms with Crippen LogP contribution in [-0.4, -0.2) is 32.6 Å². The molecule has 1 amide bonds. The van der Waals surface area contributed by atoms with Crippen molar-refractivity contribution in [2.45, 2.75) is 13.3 Å². The van der Waals surface area contributed by atoms with Crippen LogP contribution in [0.3, 0.4) is 0 Å². The quantitative estimate of drug-likeness (QED) is 0.144. The van der Waals surface area contributed by atoms with Crippen LogP contribution in [0.15, 0.2) is 83.0 Å². The Morgan fingerprint density at radius 2 is 1.61 bits per heavy atom. The van der Waals surface area contributed by atoms with Crippen molar-refractivity contribution in [3.8, 4) is 5.88 Å². The van der Waals surface area contributed by atoms with Crippen LogP contribution < -0.4 is 10.6 Å². The number of benzene rings is 3. The third-order valence-electron chi connectivity index (χ3n) is 5.99. The number of carbonyl (C=O) groups excluding carboxylic acids is 1. The highest BCUT2D eigenvalue weighted by atomic mass is 32.1. The van der Waals surface area contributed by atoms with Crippen LogP contribution in [0.25, 0.3) is 21.8 Å². The first-order valence-corrected chi connectivity index (χ1v) is 11.9. The maximum Gasteiger partial charge on any atom is 0.251 e. The monoisotopic (exact) mass is 496 g/mol. The number of fused-ring (bicyclic) bond motifs is 2. The normalized spacial score (nSPS) is 11.4. The molecule has 0 saturated heterocycles. The number of aromatic amines is 2. The molecule has 0 unspecified atom stereocenters. The second-order valence-corrected chi connectivity index (χ2v) is 8.74. The van der Waals surface area contributed by atoms with E-state index in [9.17, 15) is 9.90 Å². The molecule has 5 N–H and O–H groups in total. The van der Waals surface area contributed by atoms with Crippen LogP contribution in [0, 0.1) is 6.92 Å². The zero-order valence-corrected chi connectivity index (χ0v) is 20.3.